The molecule has 0 aliphatic carbocycles. The van der Waals surface area contributed by atoms with Gasteiger partial charge in [0.05, 0.1) is 6.61 Å². The Kier molecular flexibility index (Phi) is 8.23. The molecule has 0 aromatic rings. The lowest BCUT2D eigenvalue weighted by molar-refractivity contribution is -0.307. The van der Waals surface area contributed by atoms with Crippen molar-refractivity contribution in [1.29, 1.82) is 0 Å². The van der Waals surface area contributed by atoms with Crippen molar-refractivity contribution in [1.82, 2.24) is 0 Å². The number of hydrogen-bond acceptors (Lipinski definition) is 10. The van der Waals surface area contributed by atoms with Gasteiger partial charge in [-0.25, -0.2) is 0 Å². The van der Waals surface area contributed by atoms with Crippen molar-refractivity contribution in [3.63, 3.8) is 0 Å². The fourth-order valence-corrected chi connectivity index (χ4v) is 2.58. The number of rotatable bonds is 7. The van der Waals surface area contributed by atoms with Crippen LogP contribution in [0.4, 0.5) is 0 Å². The molecule has 0 spiro atoms. The third kappa shape index (κ3) is 5.92. The lowest BCUT2D eigenvalue weighted by Gasteiger charge is -2.44. The molecule has 1 aliphatic rings. The Balaban J connectivity index is 3.24. The van der Waals surface area contributed by atoms with Crippen molar-refractivity contribution in [2.75, 3.05) is 20.8 Å². The van der Waals surface area contributed by atoms with Crippen LogP contribution in [0.15, 0.2) is 0 Å². The molecule has 1 aliphatic heterocycles. The highest BCUT2D eigenvalue weighted by Crippen LogP contribution is 2.30. The minimum atomic E-state index is -1.63. The van der Waals surface area contributed by atoms with Crippen molar-refractivity contribution >= 4 is 17.9 Å². The van der Waals surface area contributed by atoms with E-state index in [0.717, 1.165) is 20.8 Å². The summed E-state index contributed by atoms with van der Waals surface area (Å²) in [5.74, 6) is -2.13. The number of esters is 3. The van der Waals surface area contributed by atoms with Gasteiger partial charge >= 0.3 is 17.9 Å². The largest absolute Gasteiger partial charge is 0.456 e. The second kappa shape index (κ2) is 9.66. The molecule has 10 heteroatoms. The summed E-state index contributed by atoms with van der Waals surface area (Å²) in [5.41, 5.74) is 0. The van der Waals surface area contributed by atoms with Crippen LogP contribution < -0.4 is 0 Å². The molecule has 0 aromatic carbocycles. The fourth-order valence-electron chi connectivity index (χ4n) is 2.58. The minimum Gasteiger partial charge on any atom is -0.456 e. The molecular weight excluding hydrogens is 340 g/mol. The van der Waals surface area contributed by atoms with Crippen LogP contribution in [0.25, 0.3) is 0 Å². The average Bonchev–Trinajstić information content (AvgIpc) is 2.50. The molecule has 0 amide bonds. The van der Waals surface area contributed by atoms with Crippen LogP contribution in [0.2, 0.25) is 0 Å². The van der Waals surface area contributed by atoms with Gasteiger partial charge in [-0.15, -0.1) is 0 Å². The van der Waals surface area contributed by atoms with Gasteiger partial charge in [-0.1, -0.05) is 0 Å². The SMILES string of the molecule is COCC(OC)C1OC(O)C(OC(C)=O)C(OC(C)=O)C1OC(C)=O. The normalized spacial score (nSPS) is 30.2. The van der Waals surface area contributed by atoms with Gasteiger partial charge in [0, 0.05) is 35.0 Å². The summed E-state index contributed by atoms with van der Waals surface area (Å²) < 4.78 is 31.1. The Morgan fingerprint density at radius 2 is 1.40 bits per heavy atom. The molecule has 10 nitrogen and oxygen atoms in total. The molecule has 1 N–H and O–H groups in total. The summed E-state index contributed by atoms with van der Waals surface area (Å²) in [6, 6.07) is 0. The summed E-state index contributed by atoms with van der Waals surface area (Å²) >= 11 is 0. The average molecular weight is 364 g/mol. The van der Waals surface area contributed by atoms with Crippen LogP contribution in [0.5, 0.6) is 0 Å². The first-order chi connectivity index (χ1) is 11.7. The smallest absolute Gasteiger partial charge is 0.303 e. The van der Waals surface area contributed by atoms with Gasteiger partial charge in [-0.3, -0.25) is 14.4 Å². The van der Waals surface area contributed by atoms with Crippen molar-refractivity contribution in [3.8, 4) is 0 Å². The van der Waals surface area contributed by atoms with Crippen LogP contribution in [0, 0.1) is 0 Å². The van der Waals surface area contributed by atoms with E-state index in [4.69, 9.17) is 28.4 Å². The van der Waals surface area contributed by atoms with Crippen LogP contribution in [0.1, 0.15) is 20.8 Å². The molecule has 1 heterocycles. The molecule has 0 radical (unpaired) electrons. The van der Waals surface area contributed by atoms with Gasteiger partial charge in [0.25, 0.3) is 0 Å². The molecule has 0 bridgehead atoms. The van der Waals surface area contributed by atoms with Gasteiger partial charge in [0.15, 0.2) is 24.6 Å². The number of hydrogen-bond donors (Lipinski definition) is 1. The van der Waals surface area contributed by atoms with Crippen molar-refractivity contribution in [2.45, 2.75) is 57.6 Å². The Hall–Kier alpha value is -1.75. The van der Waals surface area contributed by atoms with E-state index in [0.29, 0.717) is 0 Å². The van der Waals surface area contributed by atoms with E-state index in [1.807, 2.05) is 0 Å². The number of ether oxygens (including phenoxy) is 6. The molecule has 25 heavy (non-hydrogen) atoms. The van der Waals surface area contributed by atoms with Gasteiger partial charge in [-0.2, -0.15) is 0 Å². The minimum absolute atomic E-state index is 0.0523. The quantitative estimate of drug-likeness (QED) is 0.451. The first kappa shape index (κ1) is 21.3. The fraction of sp³-hybridized carbons (Fsp3) is 0.800. The third-order valence-electron chi connectivity index (χ3n) is 3.46. The van der Waals surface area contributed by atoms with E-state index in [-0.39, 0.29) is 6.61 Å². The Bertz CT molecular complexity index is 479. The highest BCUT2D eigenvalue weighted by atomic mass is 16.7. The second-order valence-corrected chi connectivity index (χ2v) is 5.44. The van der Waals surface area contributed by atoms with Gasteiger partial charge in [0.1, 0.15) is 12.2 Å². The van der Waals surface area contributed by atoms with E-state index in [1.165, 1.54) is 14.2 Å². The summed E-state index contributed by atoms with van der Waals surface area (Å²) in [5, 5.41) is 10.2. The summed E-state index contributed by atoms with van der Waals surface area (Å²) in [7, 11) is 2.81. The van der Waals surface area contributed by atoms with Crippen LogP contribution in [-0.4, -0.2) is 80.7 Å². The maximum Gasteiger partial charge on any atom is 0.303 e. The molecule has 1 fully saturated rings. The van der Waals surface area contributed by atoms with E-state index >= 15 is 0 Å². The predicted molar refractivity (Wildman–Crippen MR) is 80.2 cm³/mol. The summed E-state index contributed by atoms with van der Waals surface area (Å²) in [6.45, 7) is 3.46. The first-order valence-corrected chi connectivity index (χ1v) is 7.58. The summed E-state index contributed by atoms with van der Waals surface area (Å²) in [6.07, 6.45) is -7.25. The number of aliphatic hydroxyl groups excluding tert-OH is 1. The number of carbonyl (C=O) groups is 3. The Morgan fingerprint density at radius 1 is 0.920 bits per heavy atom. The standard InChI is InChI=1S/C15H24O10/c1-7(16)22-12-11(10(21-5)6-20-4)25-15(19)14(24-9(3)18)13(12)23-8(2)17/h10-15,19H,6H2,1-5H3. The molecule has 0 saturated carbocycles. The van der Waals surface area contributed by atoms with Crippen LogP contribution in [-0.2, 0) is 42.8 Å². The highest BCUT2D eigenvalue weighted by molar-refractivity contribution is 5.68. The lowest BCUT2D eigenvalue weighted by atomic mass is 9.94. The topological polar surface area (TPSA) is 127 Å². The highest BCUT2D eigenvalue weighted by Gasteiger charge is 2.53. The number of carbonyl (C=O) groups excluding carboxylic acids is 3. The zero-order chi connectivity index (χ0) is 19.1. The monoisotopic (exact) mass is 364 g/mol. The molecular formula is C15H24O10. The molecule has 6 atom stereocenters. The van der Waals surface area contributed by atoms with E-state index in [9.17, 15) is 19.5 Å². The van der Waals surface area contributed by atoms with Crippen molar-refractivity contribution < 1.29 is 47.9 Å². The van der Waals surface area contributed by atoms with E-state index < -0.39 is 54.7 Å². The lowest BCUT2D eigenvalue weighted by Crippen LogP contribution is -2.64. The second-order valence-electron chi connectivity index (χ2n) is 5.44. The van der Waals surface area contributed by atoms with Gasteiger partial charge in [0.2, 0.25) is 0 Å². The molecule has 6 unspecified atom stereocenters. The Morgan fingerprint density at radius 3 is 1.84 bits per heavy atom. The van der Waals surface area contributed by atoms with E-state index in [2.05, 4.69) is 0 Å². The van der Waals surface area contributed by atoms with Crippen LogP contribution >= 0.6 is 0 Å². The zero-order valence-corrected chi connectivity index (χ0v) is 14.8. The third-order valence-corrected chi connectivity index (χ3v) is 3.46. The van der Waals surface area contributed by atoms with Gasteiger partial charge in [-0.05, 0) is 0 Å². The predicted octanol–water partition coefficient (Wildman–Crippen LogP) is -0.840. The maximum atomic E-state index is 11.5. The molecule has 144 valence electrons. The van der Waals surface area contributed by atoms with Crippen LogP contribution in [0.3, 0.4) is 0 Å². The van der Waals surface area contributed by atoms with Crippen molar-refractivity contribution in [2.24, 2.45) is 0 Å². The number of methoxy groups -OCH3 is 2. The molecule has 1 saturated heterocycles. The Labute approximate surface area is 145 Å². The van der Waals surface area contributed by atoms with Gasteiger partial charge < -0.3 is 33.5 Å². The summed E-state index contributed by atoms with van der Waals surface area (Å²) in [4.78, 5) is 34.3. The maximum absolute atomic E-state index is 11.5. The molecule has 1 rings (SSSR count). The number of aliphatic hydroxyl groups is 1. The zero-order valence-electron chi connectivity index (χ0n) is 14.8. The molecule has 0 aromatic heterocycles. The van der Waals surface area contributed by atoms with Crippen molar-refractivity contribution in [3.05, 3.63) is 0 Å². The van der Waals surface area contributed by atoms with E-state index in [1.54, 1.807) is 0 Å². The first-order valence-electron chi connectivity index (χ1n) is 7.58.